The molecular weight excluding hydrogens is 376 g/mol. The highest BCUT2D eigenvalue weighted by atomic mass is 35.5. The molecule has 1 aliphatic rings. The number of nitrogens with zero attached hydrogens (tertiary/aromatic N) is 1. The second-order valence-corrected chi connectivity index (χ2v) is 7.06. The first kappa shape index (κ1) is 19.9. The van der Waals surface area contributed by atoms with Crippen LogP contribution < -0.4 is 5.56 Å². The van der Waals surface area contributed by atoms with E-state index in [1.165, 1.54) is 0 Å². The molecule has 0 radical (unpaired) electrons. The first-order chi connectivity index (χ1) is 12.8. The molecule has 0 spiro atoms. The quantitative estimate of drug-likeness (QED) is 0.484. The van der Waals surface area contributed by atoms with E-state index in [1.807, 2.05) is 0 Å². The van der Waals surface area contributed by atoms with Gasteiger partial charge in [0, 0.05) is 17.0 Å². The van der Waals surface area contributed by atoms with E-state index >= 15 is 0 Å². The Kier molecular flexibility index (Phi) is 5.95. The number of H-pyrrole nitrogens is 1. The molecule has 5 atom stereocenters. The molecule has 9 heteroatoms. The summed E-state index contributed by atoms with van der Waals surface area (Å²) in [7, 11) is 0. The Bertz CT molecular complexity index is 871. The summed E-state index contributed by atoms with van der Waals surface area (Å²) >= 11 is 6.27. The zero-order valence-corrected chi connectivity index (χ0v) is 15.3. The van der Waals surface area contributed by atoms with E-state index < -0.39 is 37.1 Å². The van der Waals surface area contributed by atoms with Crippen molar-refractivity contribution in [3.05, 3.63) is 62.0 Å². The van der Waals surface area contributed by atoms with Crippen molar-refractivity contribution in [1.82, 2.24) is 10.2 Å². The summed E-state index contributed by atoms with van der Waals surface area (Å²) in [6, 6.07) is 6.64. The average Bonchev–Trinajstić information content (AvgIpc) is 2.65. The summed E-state index contributed by atoms with van der Waals surface area (Å²) in [6.07, 6.45) is -5.84. The van der Waals surface area contributed by atoms with E-state index in [0.717, 1.165) is 0 Å². The topological polar surface area (TPSA) is 136 Å². The van der Waals surface area contributed by atoms with E-state index in [9.17, 15) is 25.2 Å². The molecule has 1 aromatic heterocycles. The zero-order chi connectivity index (χ0) is 19.7. The lowest BCUT2D eigenvalue weighted by Gasteiger charge is -2.40. The number of aliphatic hydroxyl groups is 4. The van der Waals surface area contributed by atoms with Crippen molar-refractivity contribution in [2.45, 2.75) is 43.9 Å². The maximum Gasteiger partial charge on any atom is 0.267 e. The molecule has 0 bridgehead atoms. The maximum atomic E-state index is 11.5. The van der Waals surface area contributed by atoms with E-state index in [2.05, 4.69) is 10.2 Å². The summed E-state index contributed by atoms with van der Waals surface area (Å²) < 4.78 is 5.58. The highest BCUT2D eigenvalue weighted by Crippen LogP contribution is 2.34. The lowest BCUT2D eigenvalue weighted by Crippen LogP contribution is -2.55. The summed E-state index contributed by atoms with van der Waals surface area (Å²) in [6.45, 7) is 1.18. The lowest BCUT2D eigenvalue weighted by molar-refractivity contribution is -0.231. The summed E-state index contributed by atoms with van der Waals surface area (Å²) in [5.74, 6) is 0. The third-order valence-corrected chi connectivity index (χ3v) is 5.07. The van der Waals surface area contributed by atoms with Gasteiger partial charge >= 0.3 is 0 Å². The predicted octanol–water partition coefficient (Wildman–Crippen LogP) is -0.163. The fraction of sp³-hybridized carbons (Fsp3) is 0.444. The third kappa shape index (κ3) is 4.06. The SMILES string of the molecule is Cc1cc(Cc2cc([C@@H]3O[C@H](CO)[C@@H](O)[C@H](O)[C@@H]3O)ccc2Cl)n[nH]c1=O. The van der Waals surface area contributed by atoms with E-state index in [-0.39, 0.29) is 5.56 Å². The molecule has 2 heterocycles. The van der Waals surface area contributed by atoms with Gasteiger partial charge in [-0.25, -0.2) is 5.10 Å². The number of aromatic amines is 1. The van der Waals surface area contributed by atoms with Crippen molar-refractivity contribution in [3.8, 4) is 0 Å². The number of aliphatic hydroxyl groups excluding tert-OH is 4. The Morgan fingerprint density at radius 2 is 1.93 bits per heavy atom. The average molecular weight is 397 g/mol. The monoisotopic (exact) mass is 396 g/mol. The molecule has 1 aliphatic heterocycles. The first-order valence-corrected chi connectivity index (χ1v) is 8.83. The third-order valence-electron chi connectivity index (χ3n) is 4.70. The molecule has 0 unspecified atom stereocenters. The molecule has 27 heavy (non-hydrogen) atoms. The predicted molar refractivity (Wildman–Crippen MR) is 96.6 cm³/mol. The second kappa shape index (κ2) is 8.05. The summed E-state index contributed by atoms with van der Waals surface area (Å²) in [5, 5.41) is 46.4. The van der Waals surface area contributed by atoms with Crippen LogP contribution in [-0.4, -0.2) is 61.6 Å². The van der Waals surface area contributed by atoms with Crippen LogP contribution in [0.25, 0.3) is 0 Å². The number of aryl methyl sites for hydroxylation is 1. The minimum atomic E-state index is -1.46. The number of hydrogen-bond acceptors (Lipinski definition) is 7. The van der Waals surface area contributed by atoms with Gasteiger partial charge < -0.3 is 25.2 Å². The number of halogens is 1. The molecule has 1 aromatic carbocycles. The van der Waals surface area contributed by atoms with Gasteiger partial charge in [-0.1, -0.05) is 23.7 Å². The van der Waals surface area contributed by atoms with Crippen LogP contribution in [0.4, 0.5) is 0 Å². The van der Waals surface area contributed by atoms with Crippen molar-refractivity contribution in [1.29, 1.82) is 0 Å². The number of benzene rings is 1. The highest BCUT2D eigenvalue weighted by molar-refractivity contribution is 6.31. The Labute approximate surface area is 160 Å². The van der Waals surface area contributed by atoms with Crippen LogP contribution in [0.1, 0.15) is 28.5 Å². The number of nitrogens with one attached hydrogen (secondary N) is 1. The maximum absolute atomic E-state index is 11.5. The molecule has 146 valence electrons. The van der Waals surface area contributed by atoms with Gasteiger partial charge in [0.05, 0.1) is 12.3 Å². The van der Waals surface area contributed by atoms with Crippen LogP contribution in [0.5, 0.6) is 0 Å². The Balaban J connectivity index is 1.90. The number of hydrogen-bond donors (Lipinski definition) is 5. The highest BCUT2D eigenvalue weighted by Gasteiger charge is 2.44. The smallest absolute Gasteiger partial charge is 0.267 e. The Morgan fingerprint density at radius 1 is 1.19 bits per heavy atom. The number of rotatable bonds is 4. The first-order valence-electron chi connectivity index (χ1n) is 8.46. The van der Waals surface area contributed by atoms with Gasteiger partial charge in [0.25, 0.3) is 5.56 Å². The van der Waals surface area contributed by atoms with Crippen LogP contribution in [0.2, 0.25) is 5.02 Å². The van der Waals surface area contributed by atoms with E-state index in [4.69, 9.17) is 16.3 Å². The molecular formula is C18H21ClN2O6. The Morgan fingerprint density at radius 3 is 2.59 bits per heavy atom. The normalized spacial score (nSPS) is 28.3. The van der Waals surface area contributed by atoms with Crippen molar-refractivity contribution in [2.24, 2.45) is 0 Å². The molecule has 0 aliphatic carbocycles. The molecule has 3 rings (SSSR count). The van der Waals surface area contributed by atoms with Gasteiger partial charge in [0.2, 0.25) is 0 Å². The minimum absolute atomic E-state index is 0.264. The molecule has 2 aromatic rings. The van der Waals surface area contributed by atoms with Crippen LogP contribution in [0, 0.1) is 6.92 Å². The lowest BCUT2D eigenvalue weighted by atomic mass is 9.90. The van der Waals surface area contributed by atoms with Gasteiger partial charge in [-0.05, 0) is 30.2 Å². The van der Waals surface area contributed by atoms with Crippen molar-refractivity contribution in [3.63, 3.8) is 0 Å². The van der Waals surface area contributed by atoms with Gasteiger partial charge in [-0.3, -0.25) is 4.79 Å². The molecule has 8 nitrogen and oxygen atoms in total. The molecule has 0 saturated carbocycles. The van der Waals surface area contributed by atoms with Crippen LogP contribution in [0.15, 0.2) is 29.1 Å². The fourth-order valence-corrected chi connectivity index (χ4v) is 3.31. The van der Waals surface area contributed by atoms with Gasteiger partial charge in [-0.2, -0.15) is 5.10 Å². The number of aromatic nitrogens is 2. The van der Waals surface area contributed by atoms with E-state index in [0.29, 0.717) is 33.8 Å². The zero-order valence-electron chi connectivity index (χ0n) is 14.5. The molecule has 0 amide bonds. The van der Waals surface area contributed by atoms with Crippen molar-refractivity contribution < 1.29 is 25.2 Å². The van der Waals surface area contributed by atoms with Crippen molar-refractivity contribution >= 4 is 11.6 Å². The molecule has 1 fully saturated rings. The van der Waals surface area contributed by atoms with Crippen LogP contribution >= 0.6 is 11.6 Å². The summed E-state index contributed by atoms with van der Waals surface area (Å²) in [5.41, 5.74) is 2.10. The van der Waals surface area contributed by atoms with Gasteiger partial charge in [0.15, 0.2) is 0 Å². The molecule has 1 saturated heterocycles. The second-order valence-electron chi connectivity index (χ2n) is 6.65. The fourth-order valence-electron chi connectivity index (χ4n) is 3.13. The van der Waals surface area contributed by atoms with Crippen LogP contribution in [-0.2, 0) is 11.2 Å². The molecule has 5 N–H and O–H groups in total. The van der Waals surface area contributed by atoms with E-state index in [1.54, 1.807) is 31.2 Å². The van der Waals surface area contributed by atoms with Gasteiger partial charge in [-0.15, -0.1) is 0 Å². The summed E-state index contributed by atoms with van der Waals surface area (Å²) in [4.78, 5) is 11.5. The van der Waals surface area contributed by atoms with Crippen molar-refractivity contribution in [2.75, 3.05) is 6.61 Å². The Hall–Kier alpha value is -1.81. The standard InChI is InChI=1S/C18H21ClN2O6/c1-8-4-11(20-21-18(8)26)6-10-5-9(2-3-12(10)19)17-16(25)15(24)14(23)13(7-22)27-17/h2-5,13-17,22-25H,6-7H2,1H3,(H,21,26)/t13-,14-,15+,16+,17+/m1/s1. The number of ether oxygens (including phenoxy) is 1. The van der Waals surface area contributed by atoms with Gasteiger partial charge in [0.1, 0.15) is 30.5 Å². The largest absolute Gasteiger partial charge is 0.394 e. The van der Waals surface area contributed by atoms with Crippen LogP contribution in [0.3, 0.4) is 0 Å². The minimum Gasteiger partial charge on any atom is -0.394 e.